The first-order valence-electron chi connectivity index (χ1n) is 8.03. The Kier molecular flexibility index (Phi) is 5.67. The van der Waals surface area contributed by atoms with Gasteiger partial charge in [-0.05, 0) is 36.6 Å². The van der Waals surface area contributed by atoms with E-state index in [1.165, 1.54) is 0 Å². The van der Waals surface area contributed by atoms with Gasteiger partial charge in [0, 0.05) is 12.0 Å². The zero-order chi connectivity index (χ0) is 16.9. The standard InChI is InChI=1S/C20H26O3/c1-5-9-17-18(22-3)12-16(13-19(17)23-4)20(2,21)14-15-10-7-6-8-11-15/h6-8,10-13,21H,5,9,14H2,1-4H3. The summed E-state index contributed by atoms with van der Waals surface area (Å²) in [6.07, 6.45) is 2.42. The highest BCUT2D eigenvalue weighted by Gasteiger charge is 2.26. The zero-order valence-electron chi connectivity index (χ0n) is 14.4. The van der Waals surface area contributed by atoms with Crippen molar-refractivity contribution < 1.29 is 14.6 Å². The van der Waals surface area contributed by atoms with Gasteiger partial charge in [0.25, 0.3) is 0 Å². The lowest BCUT2D eigenvalue weighted by atomic mass is 9.87. The highest BCUT2D eigenvalue weighted by molar-refractivity contribution is 5.50. The van der Waals surface area contributed by atoms with E-state index < -0.39 is 5.60 Å². The Balaban J connectivity index is 2.41. The van der Waals surface area contributed by atoms with E-state index in [4.69, 9.17) is 9.47 Å². The third kappa shape index (κ3) is 4.05. The number of rotatable bonds is 7. The molecule has 124 valence electrons. The van der Waals surface area contributed by atoms with Crippen LogP contribution >= 0.6 is 0 Å². The van der Waals surface area contributed by atoms with Crippen molar-refractivity contribution in [2.24, 2.45) is 0 Å². The first-order valence-corrected chi connectivity index (χ1v) is 8.03. The molecule has 2 rings (SSSR count). The highest BCUT2D eigenvalue weighted by Crippen LogP contribution is 2.36. The Morgan fingerprint density at radius 2 is 1.57 bits per heavy atom. The van der Waals surface area contributed by atoms with E-state index in [0.717, 1.165) is 41.0 Å². The Hall–Kier alpha value is -2.00. The summed E-state index contributed by atoms with van der Waals surface area (Å²) in [5, 5.41) is 11.0. The van der Waals surface area contributed by atoms with Crippen LogP contribution in [0.4, 0.5) is 0 Å². The molecule has 0 amide bonds. The van der Waals surface area contributed by atoms with Crippen LogP contribution in [0.5, 0.6) is 11.5 Å². The van der Waals surface area contributed by atoms with Crippen molar-refractivity contribution in [1.82, 2.24) is 0 Å². The molecule has 0 aliphatic heterocycles. The molecule has 1 unspecified atom stereocenters. The second kappa shape index (κ2) is 7.51. The van der Waals surface area contributed by atoms with Crippen LogP contribution in [0.2, 0.25) is 0 Å². The summed E-state index contributed by atoms with van der Waals surface area (Å²) in [4.78, 5) is 0. The molecule has 0 spiro atoms. The van der Waals surface area contributed by atoms with Gasteiger partial charge in [-0.1, -0.05) is 43.7 Å². The lowest BCUT2D eigenvalue weighted by Crippen LogP contribution is -2.24. The van der Waals surface area contributed by atoms with E-state index in [9.17, 15) is 5.11 Å². The summed E-state index contributed by atoms with van der Waals surface area (Å²) in [6, 6.07) is 13.8. The second-order valence-corrected chi connectivity index (χ2v) is 6.05. The molecule has 23 heavy (non-hydrogen) atoms. The number of hydrogen-bond donors (Lipinski definition) is 1. The van der Waals surface area contributed by atoms with E-state index >= 15 is 0 Å². The summed E-state index contributed by atoms with van der Waals surface area (Å²) in [5.74, 6) is 1.55. The summed E-state index contributed by atoms with van der Waals surface area (Å²) in [5.41, 5.74) is 1.95. The van der Waals surface area contributed by atoms with Crippen LogP contribution in [-0.2, 0) is 18.4 Å². The van der Waals surface area contributed by atoms with Crippen molar-refractivity contribution in [1.29, 1.82) is 0 Å². The van der Waals surface area contributed by atoms with Gasteiger partial charge in [0.1, 0.15) is 11.5 Å². The molecular formula is C20H26O3. The molecule has 0 aliphatic carbocycles. The molecule has 1 atom stereocenters. The van der Waals surface area contributed by atoms with Crippen LogP contribution in [0.25, 0.3) is 0 Å². The quantitative estimate of drug-likeness (QED) is 0.836. The molecule has 2 aromatic carbocycles. The van der Waals surface area contributed by atoms with Crippen LogP contribution in [0.15, 0.2) is 42.5 Å². The number of benzene rings is 2. The first-order chi connectivity index (χ1) is 11.0. The molecule has 0 aromatic heterocycles. The summed E-state index contributed by atoms with van der Waals surface area (Å²) >= 11 is 0. The van der Waals surface area contributed by atoms with Crippen LogP contribution in [0, 0.1) is 0 Å². The van der Waals surface area contributed by atoms with Gasteiger partial charge in [0.2, 0.25) is 0 Å². The minimum Gasteiger partial charge on any atom is -0.496 e. The lowest BCUT2D eigenvalue weighted by Gasteiger charge is -2.26. The van der Waals surface area contributed by atoms with Gasteiger partial charge >= 0.3 is 0 Å². The maximum Gasteiger partial charge on any atom is 0.126 e. The third-order valence-electron chi connectivity index (χ3n) is 4.12. The number of hydrogen-bond acceptors (Lipinski definition) is 3. The van der Waals surface area contributed by atoms with Crippen LogP contribution in [-0.4, -0.2) is 19.3 Å². The third-order valence-corrected chi connectivity index (χ3v) is 4.12. The number of methoxy groups -OCH3 is 2. The molecule has 0 heterocycles. The van der Waals surface area contributed by atoms with Crippen molar-refractivity contribution in [2.75, 3.05) is 14.2 Å². The largest absolute Gasteiger partial charge is 0.496 e. The average molecular weight is 314 g/mol. The van der Waals surface area contributed by atoms with Gasteiger partial charge in [-0.2, -0.15) is 0 Å². The highest BCUT2D eigenvalue weighted by atomic mass is 16.5. The van der Waals surface area contributed by atoms with Gasteiger partial charge in [-0.15, -0.1) is 0 Å². The smallest absolute Gasteiger partial charge is 0.126 e. The Morgan fingerprint density at radius 1 is 1.00 bits per heavy atom. The topological polar surface area (TPSA) is 38.7 Å². The predicted molar refractivity (Wildman–Crippen MR) is 93.3 cm³/mol. The normalized spacial score (nSPS) is 13.4. The van der Waals surface area contributed by atoms with E-state index in [1.54, 1.807) is 14.2 Å². The molecule has 0 saturated heterocycles. The van der Waals surface area contributed by atoms with Crippen molar-refractivity contribution in [3.05, 3.63) is 59.2 Å². The van der Waals surface area contributed by atoms with Crippen molar-refractivity contribution in [3.63, 3.8) is 0 Å². The van der Waals surface area contributed by atoms with Gasteiger partial charge in [0.15, 0.2) is 0 Å². The molecule has 0 radical (unpaired) electrons. The molecule has 0 saturated carbocycles. The molecule has 0 bridgehead atoms. The van der Waals surface area contributed by atoms with E-state index in [0.29, 0.717) is 6.42 Å². The minimum atomic E-state index is -0.993. The fraction of sp³-hybridized carbons (Fsp3) is 0.400. The second-order valence-electron chi connectivity index (χ2n) is 6.05. The van der Waals surface area contributed by atoms with Gasteiger partial charge in [-0.3, -0.25) is 0 Å². The molecule has 0 fully saturated rings. The van der Waals surface area contributed by atoms with Crippen LogP contribution < -0.4 is 9.47 Å². The van der Waals surface area contributed by atoms with E-state index in [-0.39, 0.29) is 0 Å². The Bertz CT molecular complexity index is 608. The molecule has 0 aliphatic rings. The van der Waals surface area contributed by atoms with Gasteiger partial charge in [-0.25, -0.2) is 0 Å². The molecule has 3 nitrogen and oxygen atoms in total. The fourth-order valence-corrected chi connectivity index (χ4v) is 2.89. The lowest BCUT2D eigenvalue weighted by molar-refractivity contribution is 0.0571. The molecule has 3 heteroatoms. The fourth-order valence-electron chi connectivity index (χ4n) is 2.89. The van der Waals surface area contributed by atoms with Crippen molar-refractivity contribution in [2.45, 2.75) is 38.7 Å². The summed E-state index contributed by atoms with van der Waals surface area (Å²) in [7, 11) is 3.31. The first kappa shape index (κ1) is 17.4. The number of aliphatic hydroxyl groups is 1. The van der Waals surface area contributed by atoms with Crippen LogP contribution in [0.1, 0.15) is 37.0 Å². The summed E-state index contributed by atoms with van der Waals surface area (Å²) in [6.45, 7) is 3.95. The predicted octanol–water partition coefficient (Wildman–Crippen LogP) is 4.11. The SMILES string of the molecule is CCCc1c(OC)cc(C(C)(O)Cc2ccccc2)cc1OC. The van der Waals surface area contributed by atoms with Crippen LogP contribution in [0.3, 0.4) is 0 Å². The van der Waals surface area contributed by atoms with Crippen molar-refractivity contribution in [3.8, 4) is 11.5 Å². The van der Waals surface area contributed by atoms with Crippen molar-refractivity contribution >= 4 is 0 Å². The minimum absolute atomic E-state index is 0.535. The Labute approximate surface area is 138 Å². The van der Waals surface area contributed by atoms with Gasteiger partial charge in [0.05, 0.1) is 19.8 Å². The zero-order valence-corrected chi connectivity index (χ0v) is 14.4. The maximum atomic E-state index is 11.0. The molecule has 1 N–H and O–H groups in total. The average Bonchev–Trinajstić information content (AvgIpc) is 2.55. The van der Waals surface area contributed by atoms with E-state index in [2.05, 4.69) is 6.92 Å². The monoisotopic (exact) mass is 314 g/mol. The number of ether oxygens (including phenoxy) is 2. The Morgan fingerprint density at radius 3 is 2.04 bits per heavy atom. The van der Waals surface area contributed by atoms with Gasteiger partial charge < -0.3 is 14.6 Å². The van der Waals surface area contributed by atoms with E-state index in [1.807, 2.05) is 49.4 Å². The maximum absolute atomic E-state index is 11.0. The molecular weight excluding hydrogens is 288 g/mol. The summed E-state index contributed by atoms with van der Waals surface area (Å²) < 4.78 is 11.1. The molecule has 2 aromatic rings.